The molecule has 2 aromatic rings. The van der Waals surface area contributed by atoms with E-state index >= 15 is 0 Å². The Hall–Kier alpha value is -1.93. The van der Waals surface area contributed by atoms with Gasteiger partial charge in [0.05, 0.1) is 0 Å². The second kappa shape index (κ2) is 3.79. The topological polar surface area (TPSA) is 34.1 Å². The first-order chi connectivity index (χ1) is 8.65. The number of fused-ring (bicyclic) bond motifs is 1. The minimum absolute atomic E-state index is 0.404. The highest BCUT2D eigenvalue weighted by molar-refractivity contribution is 6.60. The van der Waals surface area contributed by atoms with Gasteiger partial charge < -0.3 is 0 Å². The molecule has 1 unspecified atom stereocenters. The summed E-state index contributed by atoms with van der Waals surface area (Å²) in [5.41, 5.74) is 1.61. The van der Waals surface area contributed by atoms with E-state index in [1.54, 1.807) is 48.5 Å². The van der Waals surface area contributed by atoms with Crippen molar-refractivity contribution in [1.29, 1.82) is 0 Å². The van der Waals surface area contributed by atoms with Gasteiger partial charge in [-0.3, -0.25) is 9.59 Å². The number of hydrogen-bond donors (Lipinski definition) is 0. The van der Waals surface area contributed by atoms with Crippen molar-refractivity contribution in [2.24, 2.45) is 0 Å². The average molecular weight is 257 g/mol. The highest BCUT2D eigenvalue weighted by Gasteiger charge is 2.51. The predicted octanol–water partition coefficient (Wildman–Crippen LogP) is 2.93. The van der Waals surface area contributed by atoms with E-state index in [0.717, 1.165) is 0 Å². The zero-order chi connectivity index (χ0) is 12.8. The van der Waals surface area contributed by atoms with Crippen LogP contribution in [-0.4, -0.2) is 11.6 Å². The maximum absolute atomic E-state index is 12.2. The molecule has 1 aliphatic rings. The van der Waals surface area contributed by atoms with Crippen LogP contribution in [0.2, 0.25) is 0 Å². The molecule has 2 aromatic carbocycles. The number of alkyl halides is 1. The molecule has 1 atom stereocenters. The van der Waals surface area contributed by atoms with Crippen molar-refractivity contribution < 1.29 is 9.59 Å². The van der Waals surface area contributed by atoms with Crippen molar-refractivity contribution in [3.05, 3.63) is 71.3 Å². The molecule has 88 valence electrons. The van der Waals surface area contributed by atoms with E-state index < -0.39 is 16.4 Å². The molecular formula is C15H9ClO2. The van der Waals surface area contributed by atoms with E-state index in [1.807, 2.05) is 6.07 Å². The van der Waals surface area contributed by atoms with Crippen molar-refractivity contribution in [2.75, 3.05) is 0 Å². The zero-order valence-electron chi connectivity index (χ0n) is 9.39. The molecule has 0 bridgehead atoms. The van der Waals surface area contributed by atoms with E-state index in [0.29, 0.717) is 16.7 Å². The van der Waals surface area contributed by atoms with Crippen LogP contribution < -0.4 is 0 Å². The molecule has 0 heterocycles. The van der Waals surface area contributed by atoms with E-state index in [9.17, 15) is 9.59 Å². The molecule has 0 aliphatic heterocycles. The van der Waals surface area contributed by atoms with Gasteiger partial charge in [-0.15, -0.1) is 0 Å². The maximum Gasteiger partial charge on any atom is 0.233 e. The van der Waals surface area contributed by atoms with Crippen molar-refractivity contribution >= 4 is 23.2 Å². The first kappa shape index (κ1) is 11.2. The Morgan fingerprint density at radius 2 is 1.44 bits per heavy atom. The number of Topliss-reactive ketones (excluding diaryl/α,β-unsaturated/α-hetero) is 2. The third kappa shape index (κ3) is 1.30. The van der Waals surface area contributed by atoms with Gasteiger partial charge in [0.15, 0.2) is 4.87 Å². The number of rotatable bonds is 1. The van der Waals surface area contributed by atoms with Gasteiger partial charge in [-0.1, -0.05) is 66.2 Å². The number of benzene rings is 2. The fourth-order valence-electron chi connectivity index (χ4n) is 2.34. The summed E-state index contributed by atoms with van der Waals surface area (Å²) in [6.07, 6.45) is 0. The summed E-state index contributed by atoms with van der Waals surface area (Å²) in [5, 5.41) is 0. The summed E-state index contributed by atoms with van der Waals surface area (Å²) in [4.78, 5) is 22.8. The van der Waals surface area contributed by atoms with E-state index in [-0.39, 0.29) is 0 Å². The number of carbonyl (C=O) groups excluding carboxylic acids is 2. The monoisotopic (exact) mass is 256 g/mol. The zero-order valence-corrected chi connectivity index (χ0v) is 10.1. The first-order valence-electron chi connectivity index (χ1n) is 5.59. The molecule has 0 aromatic heterocycles. The van der Waals surface area contributed by atoms with Crippen LogP contribution in [0, 0.1) is 0 Å². The van der Waals surface area contributed by atoms with Gasteiger partial charge in [0, 0.05) is 5.56 Å². The van der Waals surface area contributed by atoms with Gasteiger partial charge >= 0.3 is 0 Å². The first-order valence-corrected chi connectivity index (χ1v) is 5.96. The number of hydrogen-bond acceptors (Lipinski definition) is 2. The third-order valence-electron chi connectivity index (χ3n) is 3.23. The van der Waals surface area contributed by atoms with Crippen LogP contribution in [-0.2, 0) is 9.67 Å². The van der Waals surface area contributed by atoms with Crippen LogP contribution in [0.3, 0.4) is 0 Å². The van der Waals surface area contributed by atoms with Crippen molar-refractivity contribution in [1.82, 2.24) is 0 Å². The third-order valence-corrected chi connectivity index (χ3v) is 3.83. The SMILES string of the molecule is O=C1C(=O)C(Cl)(c2ccccc2)c2ccccc21. The Labute approximate surface area is 109 Å². The fraction of sp³-hybridized carbons (Fsp3) is 0.0667. The lowest BCUT2D eigenvalue weighted by Gasteiger charge is -2.20. The predicted molar refractivity (Wildman–Crippen MR) is 68.9 cm³/mol. The summed E-state index contributed by atoms with van der Waals surface area (Å²) in [7, 11) is 0. The van der Waals surface area contributed by atoms with Gasteiger partial charge in [-0.25, -0.2) is 0 Å². The molecule has 3 heteroatoms. The summed E-state index contributed by atoms with van der Waals surface area (Å²) >= 11 is 6.50. The molecule has 0 N–H and O–H groups in total. The van der Waals surface area contributed by atoms with Crippen LogP contribution in [0.15, 0.2) is 54.6 Å². The molecule has 0 fully saturated rings. The fourth-order valence-corrected chi connectivity index (χ4v) is 2.71. The normalized spacial score (nSPS) is 22.1. The van der Waals surface area contributed by atoms with Crippen LogP contribution in [0.4, 0.5) is 0 Å². The molecule has 3 rings (SSSR count). The Bertz CT molecular complexity index is 649. The summed E-state index contributed by atoms with van der Waals surface area (Å²) in [6, 6.07) is 15.9. The maximum atomic E-state index is 12.2. The van der Waals surface area contributed by atoms with Gasteiger partial charge in [-0.2, -0.15) is 0 Å². The average Bonchev–Trinajstić information content (AvgIpc) is 2.64. The largest absolute Gasteiger partial charge is 0.288 e. The highest BCUT2D eigenvalue weighted by atomic mass is 35.5. The highest BCUT2D eigenvalue weighted by Crippen LogP contribution is 2.44. The van der Waals surface area contributed by atoms with Gasteiger partial charge in [0.1, 0.15) is 0 Å². The minimum Gasteiger partial charge on any atom is -0.288 e. The van der Waals surface area contributed by atoms with Crippen LogP contribution >= 0.6 is 11.6 Å². The molecular weight excluding hydrogens is 248 g/mol. The minimum atomic E-state index is -1.37. The van der Waals surface area contributed by atoms with Gasteiger partial charge in [0.2, 0.25) is 11.6 Å². The molecule has 0 amide bonds. The summed E-state index contributed by atoms with van der Waals surface area (Å²) in [6.45, 7) is 0. The van der Waals surface area contributed by atoms with Crippen LogP contribution in [0.25, 0.3) is 0 Å². The summed E-state index contributed by atoms with van der Waals surface area (Å²) in [5.74, 6) is -1.08. The molecule has 0 spiro atoms. The second-order valence-electron chi connectivity index (χ2n) is 4.23. The van der Waals surface area contributed by atoms with Gasteiger partial charge in [-0.05, 0) is 11.1 Å². The second-order valence-corrected chi connectivity index (χ2v) is 4.80. The van der Waals surface area contributed by atoms with Crippen LogP contribution in [0.5, 0.6) is 0 Å². The van der Waals surface area contributed by atoms with E-state index in [2.05, 4.69) is 0 Å². The summed E-state index contributed by atoms with van der Waals surface area (Å²) < 4.78 is 0. The number of ketones is 2. The Morgan fingerprint density at radius 1 is 0.833 bits per heavy atom. The lowest BCUT2D eigenvalue weighted by atomic mass is 9.91. The Balaban J connectivity index is 2.31. The van der Waals surface area contributed by atoms with E-state index in [1.165, 1.54) is 0 Å². The van der Waals surface area contributed by atoms with Gasteiger partial charge in [0.25, 0.3) is 0 Å². The van der Waals surface area contributed by atoms with Crippen molar-refractivity contribution in [3.8, 4) is 0 Å². The van der Waals surface area contributed by atoms with Crippen LogP contribution in [0.1, 0.15) is 21.5 Å². The standard InChI is InChI=1S/C15H9ClO2/c16-15(10-6-2-1-3-7-10)12-9-5-4-8-11(12)13(17)14(15)18/h1-9H. The quantitative estimate of drug-likeness (QED) is 0.581. The number of carbonyl (C=O) groups is 2. The Morgan fingerprint density at radius 3 is 2.17 bits per heavy atom. The molecule has 0 radical (unpaired) electrons. The molecule has 0 saturated heterocycles. The van der Waals surface area contributed by atoms with Crippen molar-refractivity contribution in [2.45, 2.75) is 4.87 Å². The lowest BCUT2D eigenvalue weighted by molar-refractivity contribution is -0.116. The lowest BCUT2D eigenvalue weighted by Crippen LogP contribution is -2.29. The molecule has 0 saturated carbocycles. The molecule has 1 aliphatic carbocycles. The van der Waals surface area contributed by atoms with E-state index in [4.69, 9.17) is 11.6 Å². The smallest absolute Gasteiger partial charge is 0.233 e. The molecule has 18 heavy (non-hydrogen) atoms. The number of halogens is 1. The van der Waals surface area contributed by atoms with Crippen molar-refractivity contribution in [3.63, 3.8) is 0 Å². The Kier molecular flexibility index (Phi) is 2.35. The molecule has 2 nitrogen and oxygen atoms in total.